The Bertz CT molecular complexity index is 434. The molecular weight excluding hydrogens is 230 g/mol. The molecule has 0 amide bonds. The van der Waals surface area contributed by atoms with Crippen molar-refractivity contribution in [1.29, 1.82) is 0 Å². The first-order chi connectivity index (χ1) is 8.56. The fraction of sp³-hybridized carbons (Fsp3) is 0.615. The maximum absolute atomic E-state index is 10.9. The number of carbonyl (C=O) groups is 1. The molecule has 5 heteroatoms. The second-order valence-corrected chi connectivity index (χ2v) is 5.17. The van der Waals surface area contributed by atoms with Crippen LogP contribution in [0.4, 0.5) is 5.82 Å². The van der Waals surface area contributed by atoms with Crippen molar-refractivity contribution in [1.82, 2.24) is 9.97 Å². The van der Waals surface area contributed by atoms with Gasteiger partial charge in [-0.15, -0.1) is 0 Å². The van der Waals surface area contributed by atoms with Gasteiger partial charge < -0.3 is 10.4 Å². The molecule has 1 heterocycles. The zero-order valence-corrected chi connectivity index (χ0v) is 10.8. The average Bonchev–Trinajstić information content (AvgIpc) is 2.78. The van der Waals surface area contributed by atoms with Gasteiger partial charge in [0.2, 0.25) is 0 Å². The number of hydrogen-bond acceptors (Lipinski definition) is 4. The number of nitrogens with one attached hydrogen (secondary N) is 1. The van der Waals surface area contributed by atoms with Gasteiger partial charge in [0.1, 0.15) is 12.1 Å². The second-order valence-electron chi connectivity index (χ2n) is 5.17. The lowest BCUT2D eigenvalue weighted by Crippen LogP contribution is -2.18. The normalized spacial score (nSPS) is 23.3. The largest absolute Gasteiger partial charge is 0.481 e. The molecule has 1 fully saturated rings. The molecule has 98 valence electrons. The summed E-state index contributed by atoms with van der Waals surface area (Å²) < 4.78 is 0. The third-order valence-electron chi connectivity index (χ3n) is 3.41. The Balaban J connectivity index is 1.98. The first kappa shape index (κ1) is 12.8. The van der Waals surface area contributed by atoms with Crippen LogP contribution in [0.3, 0.4) is 0 Å². The quantitative estimate of drug-likeness (QED) is 0.856. The van der Waals surface area contributed by atoms with Gasteiger partial charge in [0.15, 0.2) is 0 Å². The molecule has 1 aromatic heterocycles. The van der Waals surface area contributed by atoms with Gasteiger partial charge in [-0.1, -0.05) is 13.8 Å². The smallest absolute Gasteiger partial charge is 0.306 e. The highest BCUT2D eigenvalue weighted by Gasteiger charge is 2.29. The first-order valence-corrected chi connectivity index (χ1v) is 6.37. The molecule has 1 aromatic rings. The molecule has 0 aromatic carbocycles. The molecule has 1 aliphatic carbocycles. The summed E-state index contributed by atoms with van der Waals surface area (Å²) in [6.07, 6.45) is 3.87. The SMILES string of the molecule is CC(C)c1cc(NC2CCC(C(=O)O)C2)ncn1. The van der Waals surface area contributed by atoms with Gasteiger partial charge in [-0.2, -0.15) is 0 Å². The molecule has 1 saturated carbocycles. The Hall–Kier alpha value is -1.65. The van der Waals surface area contributed by atoms with Crippen LogP contribution in [0.1, 0.15) is 44.7 Å². The first-order valence-electron chi connectivity index (χ1n) is 6.37. The van der Waals surface area contributed by atoms with Crippen LogP contribution >= 0.6 is 0 Å². The zero-order chi connectivity index (χ0) is 13.1. The van der Waals surface area contributed by atoms with Crippen LogP contribution in [0, 0.1) is 5.92 Å². The number of carboxylic acids is 1. The Morgan fingerprint density at radius 3 is 2.83 bits per heavy atom. The number of anilines is 1. The highest BCUT2D eigenvalue weighted by atomic mass is 16.4. The monoisotopic (exact) mass is 249 g/mol. The zero-order valence-electron chi connectivity index (χ0n) is 10.8. The number of carboxylic acid groups (broad SMARTS) is 1. The van der Waals surface area contributed by atoms with Gasteiger partial charge in [-0.25, -0.2) is 9.97 Å². The van der Waals surface area contributed by atoms with Gasteiger partial charge in [0, 0.05) is 17.8 Å². The Labute approximate surface area is 107 Å². The van der Waals surface area contributed by atoms with Crippen molar-refractivity contribution in [3.05, 3.63) is 18.1 Å². The minimum atomic E-state index is -0.690. The third-order valence-corrected chi connectivity index (χ3v) is 3.41. The van der Waals surface area contributed by atoms with E-state index in [2.05, 4.69) is 29.1 Å². The maximum atomic E-state index is 10.9. The number of hydrogen-bond donors (Lipinski definition) is 2. The van der Waals surface area contributed by atoms with Gasteiger partial charge in [-0.05, 0) is 25.2 Å². The van der Waals surface area contributed by atoms with Gasteiger partial charge in [0.05, 0.1) is 5.92 Å². The van der Waals surface area contributed by atoms with Crippen molar-refractivity contribution in [2.45, 2.75) is 45.1 Å². The molecule has 1 aliphatic rings. The highest BCUT2D eigenvalue weighted by molar-refractivity contribution is 5.70. The van der Waals surface area contributed by atoms with Crippen molar-refractivity contribution >= 4 is 11.8 Å². The van der Waals surface area contributed by atoms with Crippen molar-refractivity contribution in [2.24, 2.45) is 5.92 Å². The van der Waals surface area contributed by atoms with E-state index in [9.17, 15) is 4.79 Å². The summed E-state index contributed by atoms with van der Waals surface area (Å²) in [6, 6.07) is 2.15. The number of aliphatic carboxylic acids is 1. The van der Waals surface area contributed by atoms with Crippen LogP contribution in [-0.4, -0.2) is 27.1 Å². The van der Waals surface area contributed by atoms with Crippen LogP contribution in [-0.2, 0) is 4.79 Å². The van der Waals surface area contributed by atoms with E-state index in [4.69, 9.17) is 5.11 Å². The highest BCUT2D eigenvalue weighted by Crippen LogP contribution is 2.28. The lowest BCUT2D eigenvalue weighted by molar-refractivity contribution is -0.141. The topological polar surface area (TPSA) is 75.1 Å². The standard InChI is InChI=1S/C13H19N3O2/c1-8(2)11-6-12(15-7-14-11)16-10-4-3-9(5-10)13(17)18/h6-10H,3-5H2,1-2H3,(H,17,18)(H,14,15,16). The lowest BCUT2D eigenvalue weighted by Gasteiger charge is -2.14. The molecule has 18 heavy (non-hydrogen) atoms. The molecule has 2 atom stereocenters. The Morgan fingerprint density at radius 2 is 2.22 bits per heavy atom. The summed E-state index contributed by atoms with van der Waals surface area (Å²) in [7, 11) is 0. The number of aromatic nitrogens is 2. The van der Waals surface area contributed by atoms with E-state index in [1.807, 2.05) is 6.07 Å². The van der Waals surface area contributed by atoms with E-state index in [-0.39, 0.29) is 12.0 Å². The average molecular weight is 249 g/mol. The van der Waals surface area contributed by atoms with E-state index < -0.39 is 5.97 Å². The van der Waals surface area contributed by atoms with Crippen molar-refractivity contribution < 1.29 is 9.90 Å². The number of rotatable bonds is 4. The molecule has 0 bridgehead atoms. The molecular formula is C13H19N3O2. The number of nitrogens with zero attached hydrogens (tertiary/aromatic N) is 2. The summed E-state index contributed by atoms with van der Waals surface area (Å²) in [4.78, 5) is 19.3. The van der Waals surface area contributed by atoms with Crippen LogP contribution in [0.15, 0.2) is 12.4 Å². The van der Waals surface area contributed by atoms with Crippen LogP contribution < -0.4 is 5.32 Å². The fourth-order valence-corrected chi connectivity index (χ4v) is 2.31. The molecule has 0 saturated heterocycles. The van der Waals surface area contributed by atoms with E-state index in [1.54, 1.807) is 6.33 Å². The minimum Gasteiger partial charge on any atom is -0.481 e. The summed E-state index contributed by atoms with van der Waals surface area (Å²) in [6.45, 7) is 4.17. The molecule has 0 radical (unpaired) electrons. The van der Waals surface area contributed by atoms with Crippen LogP contribution in [0.5, 0.6) is 0 Å². The molecule has 0 spiro atoms. The van der Waals surface area contributed by atoms with E-state index >= 15 is 0 Å². The van der Waals surface area contributed by atoms with Gasteiger partial charge in [-0.3, -0.25) is 4.79 Å². The second kappa shape index (κ2) is 5.33. The lowest BCUT2D eigenvalue weighted by atomic mass is 10.1. The third kappa shape index (κ3) is 2.97. The molecule has 5 nitrogen and oxygen atoms in total. The Morgan fingerprint density at radius 1 is 1.44 bits per heavy atom. The van der Waals surface area contributed by atoms with Crippen molar-refractivity contribution in [2.75, 3.05) is 5.32 Å². The molecule has 2 unspecified atom stereocenters. The van der Waals surface area contributed by atoms with E-state index in [1.165, 1.54) is 0 Å². The maximum Gasteiger partial charge on any atom is 0.306 e. The summed E-state index contributed by atoms with van der Waals surface area (Å²) in [5, 5.41) is 12.3. The summed E-state index contributed by atoms with van der Waals surface area (Å²) >= 11 is 0. The molecule has 2 N–H and O–H groups in total. The Kier molecular flexibility index (Phi) is 3.79. The summed E-state index contributed by atoms with van der Waals surface area (Å²) in [5.41, 5.74) is 1.00. The van der Waals surface area contributed by atoms with Gasteiger partial charge >= 0.3 is 5.97 Å². The van der Waals surface area contributed by atoms with Crippen molar-refractivity contribution in [3.8, 4) is 0 Å². The molecule has 0 aliphatic heterocycles. The summed E-state index contributed by atoms with van der Waals surface area (Å²) in [5.74, 6) is 0.257. The fourth-order valence-electron chi connectivity index (χ4n) is 2.31. The van der Waals surface area contributed by atoms with Crippen LogP contribution in [0.2, 0.25) is 0 Å². The van der Waals surface area contributed by atoms with Gasteiger partial charge in [0.25, 0.3) is 0 Å². The van der Waals surface area contributed by atoms with E-state index in [0.29, 0.717) is 12.3 Å². The van der Waals surface area contributed by atoms with E-state index in [0.717, 1.165) is 24.4 Å². The van der Waals surface area contributed by atoms with Crippen molar-refractivity contribution in [3.63, 3.8) is 0 Å². The molecule has 2 rings (SSSR count). The predicted octanol–water partition coefficient (Wildman–Crippen LogP) is 2.27. The minimum absolute atomic E-state index is 0.209. The van der Waals surface area contributed by atoms with Crippen LogP contribution in [0.25, 0.3) is 0 Å². The predicted molar refractivity (Wildman–Crippen MR) is 68.5 cm³/mol.